The number of rotatable bonds is 4. The molecule has 0 fully saturated rings. The number of benzene rings is 2. The Morgan fingerprint density at radius 2 is 2.00 bits per heavy atom. The Bertz CT molecular complexity index is 692. The first-order chi connectivity index (χ1) is 9.97. The summed E-state index contributed by atoms with van der Waals surface area (Å²) in [4.78, 5) is 0. The van der Waals surface area contributed by atoms with E-state index in [1.54, 1.807) is 24.3 Å². The van der Waals surface area contributed by atoms with Crippen LogP contribution in [0.3, 0.4) is 0 Å². The normalized spacial score (nSPS) is 10.2. The molecule has 2 rings (SSSR count). The second kappa shape index (κ2) is 6.14. The fourth-order valence-electron chi connectivity index (χ4n) is 1.88. The number of hydrogen-bond donors (Lipinski definition) is 2. The fraction of sp³-hybridized carbons (Fsp3) is 0.188. The molecule has 0 aliphatic rings. The van der Waals surface area contributed by atoms with Crippen LogP contribution in [-0.4, -0.2) is 6.10 Å². The molecule has 0 saturated carbocycles. The van der Waals surface area contributed by atoms with E-state index in [-0.39, 0.29) is 17.4 Å². The molecule has 0 aromatic heterocycles. The van der Waals surface area contributed by atoms with Crippen molar-refractivity contribution >= 4 is 17.1 Å². The largest absolute Gasteiger partial charge is 0.491 e. The van der Waals surface area contributed by atoms with Gasteiger partial charge in [0.25, 0.3) is 0 Å². The number of halogens is 1. The molecule has 3 N–H and O–H groups in total. The van der Waals surface area contributed by atoms with E-state index in [1.165, 1.54) is 12.1 Å². The highest BCUT2D eigenvalue weighted by Crippen LogP contribution is 2.27. The number of nitrogen functional groups attached to an aromatic ring is 1. The summed E-state index contributed by atoms with van der Waals surface area (Å²) in [5, 5.41) is 11.7. The van der Waals surface area contributed by atoms with Crippen LogP contribution in [0.25, 0.3) is 0 Å². The van der Waals surface area contributed by atoms with Gasteiger partial charge in [-0.15, -0.1) is 0 Å². The van der Waals surface area contributed by atoms with E-state index in [2.05, 4.69) is 5.32 Å². The Kier molecular flexibility index (Phi) is 4.29. The van der Waals surface area contributed by atoms with E-state index in [1.807, 2.05) is 19.9 Å². The molecule has 2 aromatic rings. The molecule has 0 aliphatic heterocycles. The summed E-state index contributed by atoms with van der Waals surface area (Å²) in [6.07, 6.45) is 0.0197. The van der Waals surface area contributed by atoms with Crippen LogP contribution in [0.5, 0.6) is 5.75 Å². The predicted octanol–water partition coefficient (Wildman–Crippen LogP) is 3.81. The van der Waals surface area contributed by atoms with Crippen molar-refractivity contribution in [3.63, 3.8) is 0 Å². The fourth-order valence-corrected chi connectivity index (χ4v) is 1.88. The molecule has 0 bridgehead atoms. The van der Waals surface area contributed by atoms with Crippen molar-refractivity contribution < 1.29 is 9.13 Å². The lowest BCUT2D eigenvalue weighted by molar-refractivity contribution is 0.242. The third kappa shape index (κ3) is 3.86. The number of anilines is 3. The summed E-state index contributed by atoms with van der Waals surface area (Å²) in [5.74, 6) is 0.115. The van der Waals surface area contributed by atoms with Gasteiger partial charge in [-0.05, 0) is 38.1 Å². The lowest BCUT2D eigenvalue weighted by Gasteiger charge is -2.13. The SMILES string of the molecule is CC(C)Oc1cc(N)cc(Nc2ccc(C#N)cc2F)c1. The molecule has 0 unspecified atom stereocenters. The summed E-state index contributed by atoms with van der Waals surface area (Å²) < 4.78 is 19.4. The molecule has 0 heterocycles. The second-order valence-corrected chi connectivity index (χ2v) is 4.89. The van der Waals surface area contributed by atoms with Gasteiger partial charge in [-0.3, -0.25) is 0 Å². The van der Waals surface area contributed by atoms with Crippen LogP contribution >= 0.6 is 0 Å². The van der Waals surface area contributed by atoms with Gasteiger partial charge in [0.1, 0.15) is 11.6 Å². The van der Waals surface area contributed by atoms with Gasteiger partial charge in [-0.1, -0.05) is 0 Å². The summed E-state index contributed by atoms with van der Waals surface area (Å²) in [6, 6.07) is 11.3. The lowest BCUT2D eigenvalue weighted by atomic mass is 10.2. The van der Waals surface area contributed by atoms with Gasteiger partial charge < -0.3 is 15.8 Å². The highest BCUT2D eigenvalue weighted by atomic mass is 19.1. The molecule has 108 valence electrons. The van der Waals surface area contributed by atoms with E-state index in [0.29, 0.717) is 17.1 Å². The van der Waals surface area contributed by atoms with Crippen molar-refractivity contribution in [3.05, 3.63) is 47.8 Å². The molecule has 0 aliphatic carbocycles. The van der Waals surface area contributed by atoms with Gasteiger partial charge in [0, 0.05) is 23.5 Å². The van der Waals surface area contributed by atoms with Gasteiger partial charge in [-0.2, -0.15) is 5.26 Å². The third-order valence-corrected chi connectivity index (χ3v) is 2.68. The maximum absolute atomic E-state index is 13.9. The molecule has 21 heavy (non-hydrogen) atoms. The van der Waals surface area contributed by atoms with E-state index in [0.717, 1.165) is 0 Å². The second-order valence-electron chi connectivity index (χ2n) is 4.89. The van der Waals surface area contributed by atoms with Gasteiger partial charge in [0.15, 0.2) is 0 Å². The van der Waals surface area contributed by atoms with Crippen LogP contribution in [0.4, 0.5) is 21.5 Å². The first-order valence-corrected chi connectivity index (χ1v) is 6.52. The number of hydrogen-bond acceptors (Lipinski definition) is 4. The topological polar surface area (TPSA) is 71.1 Å². The van der Waals surface area contributed by atoms with Crippen LogP contribution in [-0.2, 0) is 0 Å². The van der Waals surface area contributed by atoms with Crippen molar-refractivity contribution in [1.29, 1.82) is 5.26 Å². The predicted molar refractivity (Wildman–Crippen MR) is 81.0 cm³/mol. The Morgan fingerprint density at radius 1 is 1.24 bits per heavy atom. The van der Waals surface area contributed by atoms with Crippen molar-refractivity contribution in [1.82, 2.24) is 0 Å². The number of nitrogens with one attached hydrogen (secondary N) is 1. The van der Waals surface area contributed by atoms with Gasteiger partial charge >= 0.3 is 0 Å². The number of nitriles is 1. The standard InChI is InChI=1S/C16H16FN3O/c1-10(2)21-14-7-12(19)6-13(8-14)20-16-4-3-11(9-18)5-15(16)17/h3-8,10,20H,19H2,1-2H3. The third-order valence-electron chi connectivity index (χ3n) is 2.68. The summed E-state index contributed by atoms with van der Waals surface area (Å²) in [5.41, 5.74) is 7.50. The number of nitrogens with two attached hydrogens (primary N) is 1. The van der Waals surface area contributed by atoms with Gasteiger partial charge in [0.2, 0.25) is 0 Å². The Balaban J connectivity index is 2.27. The average Bonchev–Trinajstić information content (AvgIpc) is 2.39. The Labute approximate surface area is 123 Å². The molecular weight excluding hydrogens is 269 g/mol. The Morgan fingerprint density at radius 3 is 2.62 bits per heavy atom. The van der Waals surface area contributed by atoms with Crippen molar-refractivity contribution in [3.8, 4) is 11.8 Å². The first-order valence-electron chi connectivity index (χ1n) is 6.52. The van der Waals surface area contributed by atoms with Crippen molar-refractivity contribution in [2.45, 2.75) is 20.0 Å². The van der Waals surface area contributed by atoms with E-state index in [9.17, 15) is 4.39 Å². The minimum absolute atomic E-state index is 0.0197. The number of ether oxygens (including phenoxy) is 1. The number of nitrogens with zero attached hydrogens (tertiary/aromatic N) is 1. The average molecular weight is 285 g/mol. The van der Waals surface area contributed by atoms with E-state index >= 15 is 0 Å². The first kappa shape index (κ1) is 14.7. The summed E-state index contributed by atoms with van der Waals surface area (Å²) in [6.45, 7) is 3.83. The van der Waals surface area contributed by atoms with Crippen molar-refractivity contribution in [2.24, 2.45) is 0 Å². The van der Waals surface area contributed by atoms with Crippen LogP contribution < -0.4 is 15.8 Å². The minimum atomic E-state index is -0.497. The molecule has 2 aromatic carbocycles. The highest BCUT2D eigenvalue weighted by molar-refractivity contribution is 5.67. The monoisotopic (exact) mass is 285 g/mol. The van der Waals surface area contributed by atoms with Crippen LogP contribution in [0.15, 0.2) is 36.4 Å². The molecule has 5 heteroatoms. The van der Waals surface area contributed by atoms with Gasteiger partial charge in [-0.25, -0.2) is 4.39 Å². The zero-order chi connectivity index (χ0) is 15.4. The van der Waals surface area contributed by atoms with E-state index in [4.69, 9.17) is 15.7 Å². The minimum Gasteiger partial charge on any atom is -0.491 e. The van der Waals surface area contributed by atoms with Gasteiger partial charge in [0.05, 0.1) is 23.4 Å². The summed E-state index contributed by atoms with van der Waals surface area (Å²) in [7, 11) is 0. The van der Waals surface area contributed by atoms with Crippen LogP contribution in [0.2, 0.25) is 0 Å². The maximum Gasteiger partial charge on any atom is 0.147 e. The van der Waals surface area contributed by atoms with Crippen LogP contribution in [0, 0.1) is 17.1 Å². The molecule has 0 radical (unpaired) electrons. The van der Waals surface area contributed by atoms with Crippen molar-refractivity contribution in [2.75, 3.05) is 11.1 Å². The summed E-state index contributed by atoms with van der Waals surface area (Å²) >= 11 is 0. The quantitative estimate of drug-likeness (QED) is 0.838. The molecule has 0 amide bonds. The smallest absolute Gasteiger partial charge is 0.147 e. The highest BCUT2D eigenvalue weighted by Gasteiger charge is 2.07. The Hall–Kier alpha value is -2.74. The van der Waals surface area contributed by atoms with E-state index < -0.39 is 5.82 Å². The molecule has 4 nitrogen and oxygen atoms in total. The van der Waals surface area contributed by atoms with Crippen LogP contribution in [0.1, 0.15) is 19.4 Å². The molecule has 0 saturated heterocycles. The lowest BCUT2D eigenvalue weighted by Crippen LogP contribution is -2.06. The molecule has 0 atom stereocenters. The molecular formula is C16H16FN3O. The molecule has 0 spiro atoms. The zero-order valence-corrected chi connectivity index (χ0v) is 11.9. The zero-order valence-electron chi connectivity index (χ0n) is 11.9. The maximum atomic E-state index is 13.9.